The zero-order valence-corrected chi connectivity index (χ0v) is 20.7. The first-order valence-corrected chi connectivity index (χ1v) is 10.1. The third kappa shape index (κ3) is 6.14. The van der Waals surface area contributed by atoms with Crippen molar-refractivity contribution in [3.05, 3.63) is 46.6 Å². The molecule has 2 heterocycles. The summed E-state index contributed by atoms with van der Waals surface area (Å²) in [4.78, 5) is 11.0. The van der Waals surface area contributed by atoms with E-state index in [4.69, 9.17) is 14.0 Å². The molecule has 2 atom stereocenters. The van der Waals surface area contributed by atoms with Gasteiger partial charge in [-0.3, -0.25) is 4.99 Å². The largest absolute Gasteiger partial charge is 0.371 e. The van der Waals surface area contributed by atoms with Crippen molar-refractivity contribution in [3.63, 3.8) is 0 Å². The van der Waals surface area contributed by atoms with E-state index in [9.17, 15) is 0 Å². The van der Waals surface area contributed by atoms with Crippen LogP contribution in [0.2, 0.25) is 0 Å². The van der Waals surface area contributed by atoms with E-state index in [0.29, 0.717) is 31.5 Å². The van der Waals surface area contributed by atoms with Crippen molar-refractivity contribution in [1.29, 1.82) is 0 Å². The standard InChI is InChI=1S/C21H31N5O3.HI/c1-6-27-16(4)20-24-19(29-25-20)12-23-21(22-5)26-9-10-28-18(13-26)17-8-7-14(2)11-15(17)3;/h7-8,11,16,18H,6,9-10,12-13H2,1-5H3,(H,22,23);1H. The van der Waals surface area contributed by atoms with Crippen LogP contribution in [0.5, 0.6) is 0 Å². The van der Waals surface area contributed by atoms with Crippen LogP contribution in [-0.4, -0.2) is 54.4 Å². The number of guanidine groups is 1. The molecule has 0 bridgehead atoms. The highest BCUT2D eigenvalue weighted by molar-refractivity contribution is 14.0. The van der Waals surface area contributed by atoms with Crippen LogP contribution in [0.25, 0.3) is 0 Å². The first kappa shape index (κ1) is 24.5. The zero-order valence-electron chi connectivity index (χ0n) is 18.3. The summed E-state index contributed by atoms with van der Waals surface area (Å²) in [7, 11) is 1.78. The number of halogens is 1. The number of aryl methyl sites for hydroxylation is 2. The Kier molecular flexibility index (Phi) is 9.50. The molecule has 1 fully saturated rings. The van der Waals surface area contributed by atoms with Gasteiger partial charge in [-0.25, -0.2) is 0 Å². The molecule has 2 unspecified atom stereocenters. The molecule has 0 saturated carbocycles. The summed E-state index contributed by atoms with van der Waals surface area (Å²) in [6, 6.07) is 6.49. The lowest BCUT2D eigenvalue weighted by atomic mass is 10.00. The van der Waals surface area contributed by atoms with E-state index < -0.39 is 0 Å². The van der Waals surface area contributed by atoms with E-state index in [1.165, 1.54) is 16.7 Å². The molecule has 9 heteroatoms. The van der Waals surface area contributed by atoms with E-state index in [-0.39, 0.29) is 36.2 Å². The highest BCUT2D eigenvalue weighted by atomic mass is 127. The smallest absolute Gasteiger partial charge is 0.246 e. The Morgan fingerprint density at radius 3 is 2.90 bits per heavy atom. The number of morpholine rings is 1. The van der Waals surface area contributed by atoms with E-state index in [0.717, 1.165) is 19.0 Å². The molecule has 2 aromatic rings. The molecule has 0 spiro atoms. The van der Waals surface area contributed by atoms with Crippen LogP contribution in [-0.2, 0) is 16.0 Å². The second-order valence-electron chi connectivity index (χ2n) is 7.21. The molecule has 8 nitrogen and oxygen atoms in total. The van der Waals surface area contributed by atoms with Gasteiger partial charge in [0.05, 0.1) is 19.7 Å². The van der Waals surface area contributed by atoms with Gasteiger partial charge in [-0.2, -0.15) is 4.98 Å². The molecule has 1 aromatic heterocycles. The average molecular weight is 529 g/mol. The highest BCUT2D eigenvalue weighted by Crippen LogP contribution is 2.26. The number of hydrogen-bond acceptors (Lipinski definition) is 6. The predicted octanol–water partition coefficient (Wildman–Crippen LogP) is 3.55. The van der Waals surface area contributed by atoms with Crippen LogP contribution < -0.4 is 5.32 Å². The van der Waals surface area contributed by atoms with Gasteiger partial charge in [-0.1, -0.05) is 28.9 Å². The molecule has 1 saturated heterocycles. The van der Waals surface area contributed by atoms with Gasteiger partial charge in [0.1, 0.15) is 12.2 Å². The quantitative estimate of drug-likeness (QED) is 0.348. The molecule has 30 heavy (non-hydrogen) atoms. The minimum atomic E-state index is -0.186. The number of nitrogens with one attached hydrogen (secondary N) is 1. The van der Waals surface area contributed by atoms with Crippen LogP contribution in [0.15, 0.2) is 27.7 Å². The number of rotatable bonds is 6. The maximum absolute atomic E-state index is 6.05. The van der Waals surface area contributed by atoms with Crippen molar-refractivity contribution in [2.75, 3.05) is 33.4 Å². The zero-order chi connectivity index (χ0) is 20.8. The molecule has 3 rings (SSSR count). The SMILES string of the molecule is CCOC(C)c1noc(CNC(=NC)N2CCOC(c3ccc(C)cc3C)C2)n1.I. The summed E-state index contributed by atoms with van der Waals surface area (Å²) >= 11 is 0. The minimum absolute atomic E-state index is 0. The molecule has 1 aliphatic heterocycles. The number of nitrogens with zero attached hydrogens (tertiary/aromatic N) is 4. The Morgan fingerprint density at radius 2 is 2.20 bits per heavy atom. The third-order valence-corrected chi connectivity index (χ3v) is 5.01. The van der Waals surface area contributed by atoms with Crippen LogP contribution in [0.3, 0.4) is 0 Å². The summed E-state index contributed by atoms with van der Waals surface area (Å²) in [5.74, 6) is 1.85. The van der Waals surface area contributed by atoms with Gasteiger partial charge in [-0.15, -0.1) is 24.0 Å². The number of benzene rings is 1. The maximum Gasteiger partial charge on any atom is 0.246 e. The van der Waals surface area contributed by atoms with Crippen molar-refractivity contribution < 1.29 is 14.0 Å². The topological polar surface area (TPSA) is 85.0 Å². The number of aliphatic imine (C=N–C) groups is 1. The average Bonchev–Trinajstić information content (AvgIpc) is 3.18. The second-order valence-corrected chi connectivity index (χ2v) is 7.21. The molecule has 0 amide bonds. The minimum Gasteiger partial charge on any atom is -0.371 e. The maximum atomic E-state index is 6.05. The van der Waals surface area contributed by atoms with Crippen molar-refractivity contribution in [3.8, 4) is 0 Å². The van der Waals surface area contributed by atoms with Gasteiger partial charge in [0, 0.05) is 20.2 Å². The number of aromatic nitrogens is 2. The third-order valence-electron chi connectivity index (χ3n) is 5.01. The summed E-state index contributed by atoms with van der Waals surface area (Å²) in [6.45, 7) is 11.3. The van der Waals surface area contributed by atoms with Gasteiger partial charge in [0.25, 0.3) is 0 Å². The van der Waals surface area contributed by atoms with E-state index >= 15 is 0 Å². The molecule has 166 valence electrons. The lowest BCUT2D eigenvalue weighted by Crippen LogP contribution is -2.48. The fourth-order valence-corrected chi connectivity index (χ4v) is 3.53. The van der Waals surface area contributed by atoms with E-state index in [1.54, 1.807) is 7.05 Å². The second kappa shape index (κ2) is 11.6. The van der Waals surface area contributed by atoms with Crippen molar-refractivity contribution >= 4 is 29.9 Å². The Morgan fingerprint density at radius 1 is 1.40 bits per heavy atom. The Hall–Kier alpha value is -1.72. The lowest BCUT2D eigenvalue weighted by Gasteiger charge is -2.35. The normalized spacial score (nSPS) is 18.1. The molecular formula is C21H32IN5O3. The van der Waals surface area contributed by atoms with Crippen LogP contribution in [0.4, 0.5) is 0 Å². The van der Waals surface area contributed by atoms with Crippen molar-refractivity contribution in [2.45, 2.75) is 46.4 Å². The summed E-state index contributed by atoms with van der Waals surface area (Å²) in [5.41, 5.74) is 3.73. The monoisotopic (exact) mass is 529 g/mol. The summed E-state index contributed by atoms with van der Waals surface area (Å²) < 4.78 is 16.9. The number of hydrogen-bond donors (Lipinski definition) is 1. The molecule has 1 N–H and O–H groups in total. The van der Waals surface area contributed by atoms with Gasteiger partial charge in [0.15, 0.2) is 11.8 Å². The molecule has 1 aliphatic rings. The Bertz CT molecular complexity index is 842. The fraction of sp³-hybridized carbons (Fsp3) is 0.571. The van der Waals surface area contributed by atoms with Crippen LogP contribution in [0.1, 0.15) is 54.5 Å². The van der Waals surface area contributed by atoms with Gasteiger partial charge in [-0.05, 0) is 38.8 Å². The fourth-order valence-electron chi connectivity index (χ4n) is 3.53. The molecule has 0 radical (unpaired) electrons. The lowest BCUT2D eigenvalue weighted by molar-refractivity contribution is -0.00838. The first-order valence-electron chi connectivity index (χ1n) is 10.1. The predicted molar refractivity (Wildman–Crippen MR) is 126 cm³/mol. The molecule has 0 aliphatic carbocycles. The number of ether oxygens (including phenoxy) is 2. The summed E-state index contributed by atoms with van der Waals surface area (Å²) in [5, 5.41) is 7.31. The molecular weight excluding hydrogens is 497 g/mol. The van der Waals surface area contributed by atoms with Crippen molar-refractivity contribution in [1.82, 2.24) is 20.4 Å². The Balaban J connectivity index is 0.00000320. The van der Waals surface area contributed by atoms with E-state index in [2.05, 4.69) is 57.4 Å². The van der Waals surface area contributed by atoms with E-state index in [1.807, 2.05) is 13.8 Å². The van der Waals surface area contributed by atoms with Gasteiger partial charge >= 0.3 is 0 Å². The van der Waals surface area contributed by atoms with Crippen LogP contribution >= 0.6 is 24.0 Å². The Labute approximate surface area is 195 Å². The first-order chi connectivity index (χ1) is 14.0. The van der Waals surface area contributed by atoms with Crippen LogP contribution in [0, 0.1) is 13.8 Å². The molecule has 1 aromatic carbocycles. The highest BCUT2D eigenvalue weighted by Gasteiger charge is 2.25. The summed E-state index contributed by atoms with van der Waals surface area (Å²) in [6.07, 6.45) is -0.167. The van der Waals surface area contributed by atoms with Gasteiger partial charge < -0.3 is 24.2 Å². The van der Waals surface area contributed by atoms with Gasteiger partial charge in [0.2, 0.25) is 5.89 Å². The van der Waals surface area contributed by atoms with Crippen molar-refractivity contribution in [2.24, 2.45) is 4.99 Å².